The van der Waals surface area contributed by atoms with Gasteiger partial charge < -0.3 is 4.74 Å². The van der Waals surface area contributed by atoms with Gasteiger partial charge in [-0.2, -0.15) is 0 Å². The predicted octanol–water partition coefficient (Wildman–Crippen LogP) is 5.18. The van der Waals surface area contributed by atoms with Crippen LogP contribution >= 0.6 is 0 Å². The molecule has 0 spiro atoms. The quantitative estimate of drug-likeness (QED) is 0.328. The Morgan fingerprint density at radius 3 is 1.60 bits per heavy atom. The Balaban J connectivity index is -0.000000215. The van der Waals surface area contributed by atoms with E-state index < -0.39 is 0 Å². The number of allylic oxidation sites excluding steroid dienone is 2. The fourth-order valence-corrected chi connectivity index (χ4v) is 0.706. The van der Waals surface area contributed by atoms with Crippen molar-refractivity contribution in [2.75, 3.05) is 0 Å². The molecule has 0 N–H and O–H groups in total. The van der Waals surface area contributed by atoms with Crippen molar-refractivity contribution in [3.05, 3.63) is 93.8 Å². The van der Waals surface area contributed by atoms with Gasteiger partial charge in [-0.1, -0.05) is 74.9 Å². The number of carbonyl (C=O) groups is 1. The highest BCUT2D eigenvalue weighted by molar-refractivity contribution is 5.66. The van der Waals surface area contributed by atoms with Gasteiger partial charge in [-0.25, -0.2) is 0 Å². The van der Waals surface area contributed by atoms with Crippen LogP contribution in [0.1, 0.15) is 12.5 Å². The van der Waals surface area contributed by atoms with Crippen molar-refractivity contribution >= 4 is 12.0 Å². The van der Waals surface area contributed by atoms with Crippen LogP contribution in [0.5, 0.6) is 0 Å². The number of hydrogen-bond donors (Lipinski definition) is 0. The minimum atomic E-state index is -0.329. The van der Waals surface area contributed by atoms with Gasteiger partial charge in [0.25, 0.3) is 0 Å². The lowest BCUT2D eigenvalue weighted by molar-refractivity contribution is -0.135. The van der Waals surface area contributed by atoms with Crippen molar-refractivity contribution < 1.29 is 9.53 Å². The number of hydrogen-bond acceptors (Lipinski definition) is 2. The maximum absolute atomic E-state index is 9.75. The summed E-state index contributed by atoms with van der Waals surface area (Å²) in [6, 6.07) is 10.0. The van der Waals surface area contributed by atoms with Crippen LogP contribution in [-0.2, 0) is 9.53 Å². The highest BCUT2D eigenvalue weighted by Crippen LogP contribution is 1.97. The van der Waals surface area contributed by atoms with E-state index in [1.165, 1.54) is 12.5 Å². The standard InChI is InChI=1S/C8H8.C4H6O2.C4H6.C2H4/c1-2-8-6-4-3-5-7-8;1-3-6-4(2)5;1-3-4-2;1-2/h2-7H,1H2;3H,1H2,2H3;3-4H,1-2H2;1-2H2. The number of benzene rings is 1. The number of esters is 1. The summed E-state index contributed by atoms with van der Waals surface area (Å²) in [4.78, 5) is 9.75. The molecule has 0 saturated carbocycles. The first kappa shape index (κ1) is 22.6. The molecule has 1 aromatic carbocycles. The van der Waals surface area contributed by atoms with Crippen molar-refractivity contribution in [2.45, 2.75) is 6.92 Å². The Hall–Kier alpha value is -2.61. The largest absolute Gasteiger partial charge is 0.435 e. The average molecular weight is 272 g/mol. The first-order valence-electron chi connectivity index (χ1n) is 5.81. The highest BCUT2D eigenvalue weighted by atomic mass is 16.5. The van der Waals surface area contributed by atoms with Gasteiger partial charge in [-0.3, -0.25) is 4.79 Å². The monoisotopic (exact) mass is 272 g/mol. The van der Waals surface area contributed by atoms with Gasteiger partial charge in [0.2, 0.25) is 0 Å². The van der Waals surface area contributed by atoms with Gasteiger partial charge in [0.15, 0.2) is 0 Å². The minimum absolute atomic E-state index is 0.329. The Morgan fingerprint density at radius 2 is 1.45 bits per heavy atom. The zero-order chi connectivity index (χ0) is 16.2. The molecule has 0 radical (unpaired) electrons. The summed E-state index contributed by atoms with van der Waals surface area (Å²) in [5.74, 6) is -0.329. The summed E-state index contributed by atoms with van der Waals surface area (Å²) in [6.07, 6.45) is 6.21. The van der Waals surface area contributed by atoms with Crippen LogP contribution in [0.4, 0.5) is 0 Å². The second-order valence-electron chi connectivity index (χ2n) is 2.86. The van der Waals surface area contributed by atoms with Crippen molar-refractivity contribution in [2.24, 2.45) is 0 Å². The molecule has 0 fully saturated rings. The molecule has 0 atom stereocenters. The Bertz CT molecular complexity index is 372. The van der Waals surface area contributed by atoms with Crippen molar-refractivity contribution in [3.63, 3.8) is 0 Å². The van der Waals surface area contributed by atoms with Crippen molar-refractivity contribution in [1.82, 2.24) is 0 Å². The third-order valence-corrected chi connectivity index (χ3v) is 1.45. The van der Waals surface area contributed by atoms with E-state index in [1.807, 2.05) is 36.4 Å². The van der Waals surface area contributed by atoms with E-state index in [4.69, 9.17) is 0 Å². The molecule has 0 aliphatic rings. The molecule has 1 aromatic rings. The summed E-state index contributed by atoms with van der Waals surface area (Å²) in [5, 5.41) is 0. The summed E-state index contributed by atoms with van der Waals surface area (Å²) in [7, 11) is 0. The van der Waals surface area contributed by atoms with Gasteiger partial charge in [0.1, 0.15) is 0 Å². The van der Waals surface area contributed by atoms with Crippen molar-refractivity contribution in [1.29, 1.82) is 0 Å². The van der Waals surface area contributed by atoms with Crippen LogP contribution in [0.2, 0.25) is 0 Å². The maximum atomic E-state index is 9.75. The highest BCUT2D eigenvalue weighted by Gasteiger charge is 1.79. The average Bonchev–Trinajstić information content (AvgIpc) is 2.51. The second-order valence-corrected chi connectivity index (χ2v) is 2.86. The molecule has 0 aromatic heterocycles. The van der Waals surface area contributed by atoms with Crippen LogP contribution in [0.25, 0.3) is 6.08 Å². The van der Waals surface area contributed by atoms with Crippen LogP contribution in [0.3, 0.4) is 0 Å². The Morgan fingerprint density at radius 1 is 1.00 bits per heavy atom. The Kier molecular flexibility index (Phi) is 24.4. The molecule has 20 heavy (non-hydrogen) atoms. The summed E-state index contributed by atoms with van der Waals surface area (Å²) in [6.45, 7) is 20.8. The molecule has 0 aliphatic heterocycles. The molecule has 1 rings (SSSR count). The zero-order valence-corrected chi connectivity index (χ0v) is 12.3. The molecule has 0 saturated heterocycles. The molecule has 2 heteroatoms. The first-order valence-corrected chi connectivity index (χ1v) is 5.81. The van der Waals surface area contributed by atoms with E-state index in [-0.39, 0.29) is 5.97 Å². The molecule has 0 bridgehead atoms. The van der Waals surface area contributed by atoms with E-state index in [1.54, 1.807) is 12.2 Å². The summed E-state index contributed by atoms with van der Waals surface area (Å²) < 4.78 is 4.17. The smallest absolute Gasteiger partial charge is 0.307 e. The molecule has 0 heterocycles. The van der Waals surface area contributed by atoms with E-state index in [9.17, 15) is 4.79 Å². The first-order chi connectivity index (χ1) is 9.62. The summed E-state index contributed by atoms with van der Waals surface area (Å²) in [5.41, 5.74) is 1.17. The third-order valence-electron chi connectivity index (χ3n) is 1.45. The zero-order valence-electron chi connectivity index (χ0n) is 12.3. The second kappa shape index (κ2) is 21.7. The maximum Gasteiger partial charge on any atom is 0.307 e. The summed E-state index contributed by atoms with van der Waals surface area (Å²) >= 11 is 0. The third kappa shape index (κ3) is 24.6. The molecular weight excluding hydrogens is 248 g/mol. The van der Waals surface area contributed by atoms with Crippen LogP contribution < -0.4 is 0 Å². The lowest BCUT2D eigenvalue weighted by Crippen LogP contribution is -1.87. The van der Waals surface area contributed by atoms with Gasteiger partial charge >= 0.3 is 5.97 Å². The fourth-order valence-electron chi connectivity index (χ4n) is 0.706. The molecule has 0 aliphatic carbocycles. The minimum Gasteiger partial charge on any atom is -0.435 e. The van der Waals surface area contributed by atoms with Crippen molar-refractivity contribution in [3.8, 4) is 0 Å². The van der Waals surface area contributed by atoms with Gasteiger partial charge in [0, 0.05) is 6.92 Å². The van der Waals surface area contributed by atoms with Crippen LogP contribution in [0, 0.1) is 0 Å². The number of carbonyl (C=O) groups excluding carboxylic acids is 1. The van der Waals surface area contributed by atoms with Gasteiger partial charge in [-0.15, -0.1) is 13.2 Å². The number of rotatable bonds is 3. The van der Waals surface area contributed by atoms with Gasteiger partial charge in [-0.05, 0) is 5.56 Å². The van der Waals surface area contributed by atoms with E-state index >= 15 is 0 Å². The van der Waals surface area contributed by atoms with Gasteiger partial charge in [0.05, 0.1) is 6.26 Å². The lowest BCUT2D eigenvalue weighted by atomic mass is 10.2. The molecule has 2 nitrogen and oxygen atoms in total. The fraction of sp³-hybridized carbons (Fsp3) is 0.0556. The predicted molar refractivity (Wildman–Crippen MR) is 90.1 cm³/mol. The van der Waals surface area contributed by atoms with Crippen LogP contribution in [-0.4, -0.2) is 5.97 Å². The van der Waals surface area contributed by atoms with E-state index in [2.05, 4.69) is 44.2 Å². The molecule has 108 valence electrons. The van der Waals surface area contributed by atoms with E-state index in [0.717, 1.165) is 6.26 Å². The molecular formula is C18H24O2. The lowest BCUT2D eigenvalue weighted by Gasteiger charge is -1.85. The number of ether oxygens (including phenoxy) is 1. The van der Waals surface area contributed by atoms with E-state index in [0.29, 0.717) is 0 Å². The topological polar surface area (TPSA) is 26.3 Å². The molecule has 0 amide bonds. The SMILES string of the molecule is C=C.C=CC=C.C=COC(C)=O.C=Cc1ccccc1. The Labute approximate surface area is 123 Å². The van der Waals surface area contributed by atoms with Crippen LogP contribution in [0.15, 0.2) is 88.2 Å². The normalized spacial score (nSPS) is 6.65. The molecule has 0 unspecified atom stereocenters.